The molecule has 2 N–H and O–H groups in total. The van der Waals surface area contributed by atoms with E-state index in [0.717, 1.165) is 35.8 Å². The first kappa shape index (κ1) is 12.7. The van der Waals surface area contributed by atoms with Crippen LogP contribution in [0.4, 0.5) is 5.69 Å². The summed E-state index contributed by atoms with van der Waals surface area (Å²) in [6.45, 7) is 2.94. The molecule has 1 heterocycles. The number of carbonyl (C=O) groups is 2. The summed E-state index contributed by atoms with van der Waals surface area (Å²) in [6.07, 6.45) is 2.13. The van der Waals surface area contributed by atoms with Crippen molar-refractivity contribution in [2.24, 2.45) is 0 Å². The standard InChI is InChI=1S/C16H16N2O2/c1-2-3-9-17-12-8-7-10-5-4-6-11-13(10)14(12)16(20)18-15(11)19/h4-8,17H,2-3,9H2,1H3,(H,18,19,20). The Morgan fingerprint density at radius 2 is 1.95 bits per heavy atom. The summed E-state index contributed by atoms with van der Waals surface area (Å²) < 4.78 is 0. The molecule has 1 aliphatic heterocycles. The number of benzene rings is 2. The van der Waals surface area contributed by atoms with E-state index in [1.54, 1.807) is 6.07 Å². The van der Waals surface area contributed by atoms with Crippen molar-refractivity contribution in [2.75, 3.05) is 11.9 Å². The number of amides is 2. The fourth-order valence-corrected chi connectivity index (χ4v) is 2.58. The molecule has 20 heavy (non-hydrogen) atoms. The maximum atomic E-state index is 12.2. The summed E-state index contributed by atoms with van der Waals surface area (Å²) in [5.74, 6) is -0.642. The van der Waals surface area contributed by atoms with E-state index < -0.39 is 0 Å². The first-order chi connectivity index (χ1) is 9.72. The Kier molecular flexibility index (Phi) is 3.14. The second kappa shape index (κ2) is 4.96. The van der Waals surface area contributed by atoms with Gasteiger partial charge in [-0.2, -0.15) is 0 Å². The van der Waals surface area contributed by atoms with Gasteiger partial charge in [0.1, 0.15) is 0 Å². The number of imide groups is 1. The van der Waals surface area contributed by atoms with Gasteiger partial charge in [-0.15, -0.1) is 0 Å². The zero-order chi connectivity index (χ0) is 14.1. The Labute approximate surface area is 117 Å². The molecular formula is C16H16N2O2. The molecule has 0 unspecified atom stereocenters. The normalized spacial score (nSPS) is 13.4. The molecule has 0 atom stereocenters. The molecule has 0 aromatic heterocycles. The van der Waals surface area contributed by atoms with Crippen LogP contribution in [-0.4, -0.2) is 18.4 Å². The molecule has 2 amide bonds. The molecule has 2 aromatic rings. The summed E-state index contributed by atoms with van der Waals surface area (Å²) in [5.41, 5.74) is 1.94. The van der Waals surface area contributed by atoms with Crippen LogP contribution in [0.25, 0.3) is 10.8 Å². The lowest BCUT2D eigenvalue weighted by Gasteiger charge is -2.20. The zero-order valence-electron chi connectivity index (χ0n) is 11.3. The average molecular weight is 268 g/mol. The number of nitrogens with one attached hydrogen (secondary N) is 2. The number of unbranched alkanes of at least 4 members (excludes halogenated alkanes) is 1. The maximum Gasteiger partial charge on any atom is 0.260 e. The van der Waals surface area contributed by atoms with Crippen LogP contribution in [0.5, 0.6) is 0 Å². The van der Waals surface area contributed by atoms with Crippen molar-refractivity contribution in [1.82, 2.24) is 5.32 Å². The Balaban J connectivity index is 2.18. The maximum absolute atomic E-state index is 12.2. The quantitative estimate of drug-likeness (QED) is 0.662. The number of hydrogen-bond acceptors (Lipinski definition) is 3. The number of rotatable bonds is 4. The highest BCUT2D eigenvalue weighted by molar-refractivity contribution is 6.27. The summed E-state index contributed by atoms with van der Waals surface area (Å²) in [4.78, 5) is 24.1. The molecule has 0 spiro atoms. The number of carbonyl (C=O) groups excluding carboxylic acids is 2. The Bertz CT molecular complexity index is 707. The average Bonchev–Trinajstić information content (AvgIpc) is 2.45. The van der Waals surface area contributed by atoms with E-state index in [0.29, 0.717) is 11.1 Å². The van der Waals surface area contributed by atoms with Crippen molar-refractivity contribution in [2.45, 2.75) is 19.8 Å². The molecule has 2 aromatic carbocycles. The highest BCUT2D eigenvalue weighted by Gasteiger charge is 2.26. The van der Waals surface area contributed by atoms with Gasteiger partial charge in [0, 0.05) is 23.2 Å². The van der Waals surface area contributed by atoms with Crippen molar-refractivity contribution in [3.05, 3.63) is 41.5 Å². The summed E-state index contributed by atoms with van der Waals surface area (Å²) in [6, 6.07) is 9.36. The predicted octanol–water partition coefficient (Wildman–Crippen LogP) is 2.94. The lowest BCUT2D eigenvalue weighted by molar-refractivity contribution is 0.0845. The summed E-state index contributed by atoms with van der Waals surface area (Å²) in [5, 5.41) is 7.37. The first-order valence-corrected chi connectivity index (χ1v) is 6.87. The molecule has 0 saturated carbocycles. The first-order valence-electron chi connectivity index (χ1n) is 6.87. The van der Waals surface area contributed by atoms with Crippen LogP contribution in [0.1, 0.15) is 40.5 Å². The minimum Gasteiger partial charge on any atom is -0.384 e. The number of hydrogen-bond donors (Lipinski definition) is 2. The molecule has 1 aliphatic rings. The van der Waals surface area contributed by atoms with Crippen LogP contribution in [0.3, 0.4) is 0 Å². The molecule has 0 fully saturated rings. The van der Waals surface area contributed by atoms with Gasteiger partial charge in [-0.25, -0.2) is 0 Å². The lowest BCUT2D eigenvalue weighted by atomic mass is 9.94. The van der Waals surface area contributed by atoms with Crippen molar-refractivity contribution >= 4 is 28.3 Å². The van der Waals surface area contributed by atoms with Crippen LogP contribution in [0.2, 0.25) is 0 Å². The van der Waals surface area contributed by atoms with Gasteiger partial charge in [-0.05, 0) is 23.9 Å². The molecule has 0 aliphatic carbocycles. The van der Waals surface area contributed by atoms with Crippen molar-refractivity contribution in [1.29, 1.82) is 0 Å². The largest absolute Gasteiger partial charge is 0.384 e. The van der Waals surface area contributed by atoms with Gasteiger partial charge < -0.3 is 5.32 Å². The van der Waals surface area contributed by atoms with Gasteiger partial charge in [-0.1, -0.05) is 31.5 Å². The minimum absolute atomic E-state index is 0.321. The van der Waals surface area contributed by atoms with E-state index in [1.807, 2.05) is 24.3 Å². The van der Waals surface area contributed by atoms with Gasteiger partial charge in [0.25, 0.3) is 11.8 Å². The molecule has 3 rings (SSSR count). The second-order valence-corrected chi connectivity index (χ2v) is 4.96. The number of anilines is 1. The monoisotopic (exact) mass is 268 g/mol. The second-order valence-electron chi connectivity index (χ2n) is 4.96. The van der Waals surface area contributed by atoms with E-state index in [9.17, 15) is 9.59 Å². The highest BCUT2D eigenvalue weighted by atomic mass is 16.2. The predicted molar refractivity (Wildman–Crippen MR) is 79.1 cm³/mol. The van der Waals surface area contributed by atoms with Crippen LogP contribution < -0.4 is 10.6 Å². The molecule has 102 valence electrons. The third kappa shape index (κ3) is 1.93. The van der Waals surface area contributed by atoms with Gasteiger partial charge in [0.05, 0.1) is 5.56 Å². The Hall–Kier alpha value is -2.36. The third-order valence-electron chi connectivity index (χ3n) is 3.59. The van der Waals surface area contributed by atoms with Crippen LogP contribution in [0, 0.1) is 0 Å². The van der Waals surface area contributed by atoms with Gasteiger partial charge in [0.2, 0.25) is 0 Å². The van der Waals surface area contributed by atoms with Crippen molar-refractivity contribution < 1.29 is 9.59 Å². The zero-order valence-corrected chi connectivity index (χ0v) is 11.3. The molecule has 0 saturated heterocycles. The lowest BCUT2D eigenvalue weighted by Crippen LogP contribution is -2.35. The highest BCUT2D eigenvalue weighted by Crippen LogP contribution is 2.31. The van der Waals surface area contributed by atoms with Crippen LogP contribution in [-0.2, 0) is 0 Å². The van der Waals surface area contributed by atoms with Crippen molar-refractivity contribution in [3.63, 3.8) is 0 Å². The van der Waals surface area contributed by atoms with E-state index >= 15 is 0 Å². The fourth-order valence-electron chi connectivity index (χ4n) is 2.58. The minimum atomic E-state index is -0.321. The van der Waals surface area contributed by atoms with Crippen molar-refractivity contribution in [3.8, 4) is 0 Å². The van der Waals surface area contributed by atoms with Gasteiger partial charge in [-0.3, -0.25) is 14.9 Å². The summed E-state index contributed by atoms with van der Waals surface area (Å²) in [7, 11) is 0. The topological polar surface area (TPSA) is 58.2 Å². The molecule has 4 nitrogen and oxygen atoms in total. The van der Waals surface area contributed by atoms with E-state index in [2.05, 4.69) is 17.6 Å². The molecule has 0 bridgehead atoms. The Morgan fingerprint density at radius 3 is 2.75 bits per heavy atom. The summed E-state index contributed by atoms with van der Waals surface area (Å²) >= 11 is 0. The van der Waals surface area contributed by atoms with Gasteiger partial charge in [0.15, 0.2) is 0 Å². The van der Waals surface area contributed by atoms with Gasteiger partial charge >= 0.3 is 0 Å². The Morgan fingerprint density at radius 1 is 1.10 bits per heavy atom. The fraction of sp³-hybridized carbons (Fsp3) is 0.250. The molecule has 0 radical (unpaired) electrons. The third-order valence-corrected chi connectivity index (χ3v) is 3.59. The van der Waals surface area contributed by atoms with Crippen LogP contribution in [0.15, 0.2) is 30.3 Å². The van der Waals surface area contributed by atoms with E-state index in [4.69, 9.17) is 0 Å². The van der Waals surface area contributed by atoms with E-state index in [1.165, 1.54) is 0 Å². The van der Waals surface area contributed by atoms with E-state index in [-0.39, 0.29) is 11.8 Å². The molecular weight excluding hydrogens is 252 g/mol. The molecule has 4 heteroatoms. The van der Waals surface area contributed by atoms with Crippen LogP contribution >= 0.6 is 0 Å². The smallest absolute Gasteiger partial charge is 0.260 e. The SMILES string of the molecule is CCCCNc1ccc2cccc3c2c1C(=O)NC3=O.